The second-order valence-electron chi connectivity index (χ2n) is 5.56. The monoisotopic (exact) mass is 306 g/mol. The number of likely N-dealkylation sites (tertiary alicyclic amines) is 1. The van der Waals surface area contributed by atoms with Gasteiger partial charge in [0.15, 0.2) is 0 Å². The van der Waals surface area contributed by atoms with Crippen LogP contribution in [0.3, 0.4) is 0 Å². The average Bonchev–Trinajstić information content (AvgIpc) is 2.84. The number of nitrogens with two attached hydrogens (primary N) is 1. The molecular weight excluding hydrogens is 288 g/mol. The molecule has 0 spiro atoms. The normalized spacial score (nSPS) is 17.3. The van der Waals surface area contributed by atoms with E-state index >= 15 is 0 Å². The lowest BCUT2D eigenvalue weighted by Gasteiger charge is -2.28. The van der Waals surface area contributed by atoms with E-state index in [0.29, 0.717) is 16.6 Å². The molecule has 2 aromatic heterocycles. The average molecular weight is 307 g/mol. The zero-order valence-corrected chi connectivity index (χ0v) is 13.0. The first-order valence-electron chi connectivity index (χ1n) is 7.05. The molecule has 112 valence electrons. The number of piperidine rings is 1. The Morgan fingerprint density at radius 3 is 2.62 bits per heavy atom. The van der Waals surface area contributed by atoms with Crippen LogP contribution in [0.5, 0.6) is 0 Å². The fourth-order valence-corrected chi connectivity index (χ4v) is 3.04. The standard InChI is InChI=1S/C14H19ClN6/c1-20-5-3-9(4-6-20)13-17-8-11(21(13)2)12-10(15)7-18-14(16)19-12/h7-9H,3-6H2,1-2H3,(H2,16,18,19). The summed E-state index contributed by atoms with van der Waals surface area (Å²) in [5, 5.41) is 0.488. The third-order valence-electron chi connectivity index (χ3n) is 4.11. The van der Waals surface area contributed by atoms with Crippen molar-refractivity contribution in [3.8, 4) is 11.4 Å². The third-order valence-corrected chi connectivity index (χ3v) is 4.39. The van der Waals surface area contributed by atoms with Gasteiger partial charge in [0.2, 0.25) is 5.95 Å². The van der Waals surface area contributed by atoms with Crippen molar-refractivity contribution < 1.29 is 0 Å². The van der Waals surface area contributed by atoms with Crippen LogP contribution in [0.1, 0.15) is 24.6 Å². The molecule has 2 N–H and O–H groups in total. The number of halogens is 1. The highest BCUT2D eigenvalue weighted by atomic mass is 35.5. The van der Waals surface area contributed by atoms with Gasteiger partial charge in [-0.1, -0.05) is 11.6 Å². The third kappa shape index (κ3) is 2.73. The maximum atomic E-state index is 6.19. The summed E-state index contributed by atoms with van der Waals surface area (Å²) >= 11 is 6.19. The number of hydrogen-bond acceptors (Lipinski definition) is 5. The minimum Gasteiger partial charge on any atom is -0.368 e. The van der Waals surface area contributed by atoms with E-state index in [2.05, 4.69) is 31.5 Å². The number of nitrogen functional groups attached to an aromatic ring is 1. The second-order valence-corrected chi connectivity index (χ2v) is 5.97. The maximum absolute atomic E-state index is 6.19. The van der Waals surface area contributed by atoms with E-state index in [1.54, 1.807) is 0 Å². The molecule has 1 aliphatic heterocycles. The number of rotatable bonds is 2. The van der Waals surface area contributed by atoms with Crippen LogP contribution < -0.4 is 5.73 Å². The van der Waals surface area contributed by atoms with Gasteiger partial charge >= 0.3 is 0 Å². The number of anilines is 1. The van der Waals surface area contributed by atoms with Gasteiger partial charge in [0.1, 0.15) is 11.5 Å². The van der Waals surface area contributed by atoms with Crippen molar-refractivity contribution >= 4 is 17.5 Å². The van der Waals surface area contributed by atoms with Crippen LogP contribution in [0.2, 0.25) is 5.02 Å². The van der Waals surface area contributed by atoms with Crippen LogP contribution in [-0.2, 0) is 7.05 Å². The quantitative estimate of drug-likeness (QED) is 0.917. The maximum Gasteiger partial charge on any atom is 0.220 e. The van der Waals surface area contributed by atoms with Crippen LogP contribution in [0.15, 0.2) is 12.4 Å². The Balaban J connectivity index is 1.94. The molecule has 0 atom stereocenters. The first-order valence-corrected chi connectivity index (χ1v) is 7.42. The Kier molecular flexibility index (Phi) is 3.82. The minimum absolute atomic E-state index is 0.219. The summed E-state index contributed by atoms with van der Waals surface area (Å²) in [6.45, 7) is 2.21. The predicted octanol–water partition coefficient (Wildman–Crippen LogP) is 1.92. The fourth-order valence-electron chi connectivity index (χ4n) is 2.85. The molecule has 0 bridgehead atoms. The van der Waals surface area contributed by atoms with E-state index in [4.69, 9.17) is 17.3 Å². The number of imidazole rings is 1. The Labute approximate surface area is 129 Å². The van der Waals surface area contributed by atoms with Gasteiger partial charge in [-0.25, -0.2) is 15.0 Å². The molecule has 21 heavy (non-hydrogen) atoms. The Bertz CT molecular complexity index is 645. The zero-order valence-electron chi connectivity index (χ0n) is 12.3. The highest BCUT2D eigenvalue weighted by molar-refractivity contribution is 6.32. The first kappa shape index (κ1) is 14.3. The van der Waals surface area contributed by atoms with Crippen LogP contribution >= 0.6 is 11.6 Å². The lowest BCUT2D eigenvalue weighted by atomic mass is 9.96. The molecule has 1 fully saturated rings. The molecule has 0 saturated carbocycles. The summed E-state index contributed by atoms with van der Waals surface area (Å²) in [5.74, 6) is 1.79. The van der Waals surface area contributed by atoms with Crippen molar-refractivity contribution in [2.75, 3.05) is 25.9 Å². The van der Waals surface area contributed by atoms with Crippen LogP contribution in [0, 0.1) is 0 Å². The van der Waals surface area contributed by atoms with Crippen LogP contribution in [0.25, 0.3) is 11.4 Å². The molecule has 7 heteroatoms. The van der Waals surface area contributed by atoms with Crippen LogP contribution in [0.4, 0.5) is 5.95 Å². The predicted molar refractivity (Wildman–Crippen MR) is 83.1 cm³/mol. The van der Waals surface area contributed by atoms with Gasteiger partial charge in [-0.15, -0.1) is 0 Å². The molecule has 0 aromatic carbocycles. The van der Waals surface area contributed by atoms with E-state index in [-0.39, 0.29) is 5.95 Å². The van der Waals surface area contributed by atoms with Crippen molar-refractivity contribution in [1.29, 1.82) is 0 Å². The first-order chi connectivity index (χ1) is 10.1. The van der Waals surface area contributed by atoms with Gasteiger partial charge in [0.25, 0.3) is 0 Å². The van der Waals surface area contributed by atoms with E-state index < -0.39 is 0 Å². The summed E-state index contributed by atoms with van der Waals surface area (Å²) in [7, 11) is 4.16. The molecule has 0 aliphatic carbocycles. The number of aromatic nitrogens is 4. The largest absolute Gasteiger partial charge is 0.368 e. The molecule has 1 saturated heterocycles. The fraction of sp³-hybridized carbons (Fsp3) is 0.500. The summed E-state index contributed by atoms with van der Waals surface area (Å²) in [5.41, 5.74) is 7.18. The van der Waals surface area contributed by atoms with Crippen molar-refractivity contribution in [1.82, 2.24) is 24.4 Å². The Morgan fingerprint density at radius 2 is 1.90 bits per heavy atom. The Morgan fingerprint density at radius 1 is 1.19 bits per heavy atom. The molecular formula is C14H19ClN6. The van der Waals surface area contributed by atoms with Crippen molar-refractivity contribution in [3.05, 3.63) is 23.2 Å². The lowest BCUT2D eigenvalue weighted by Crippen LogP contribution is -2.30. The van der Waals surface area contributed by atoms with Gasteiger partial charge in [0, 0.05) is 13.0 Å². The molecule has 3 rings (SSSR count). The minimum atomic E-state index is 0.219. The summed E-state index contributed by atoms with van der Waals surface area (Å²) in [4.78, 5) is 15.1. The van der Waals surface area contributed by atoms with E-state index in [0.717, 1.165) is 37.4 Å². The zero-order chi connectivity index (χ0) is 15.0. The molecule has 0 amide bonds. The lowest BCUT2D eigenvalue weighted by molar-refractivity contribution is 0.249. The highest BCUT2D eigenvalue weighted by Crippen LogP contribution is 2.31. The van der Waals surface area contributed by atoms with E-state index in [1.807, 2.05) is 13.2 Å². The van der Waals surface area contributed by atoms with Crippen LogP contribution in [-0.4, -0.2) is 44.6 Å². The molecule has 0 radical (unpaired) electrons. The SMILES string of the molecule is CN1CCC(c2ncc(-c3nc(N)ncc3Cl)n2C)CC1. The molecule has 2 aromatic rings. The molecule has 1 aliphatic rings. The highest BCUT2D eigenvalue weighted by Gasteiger charge is 2.24. The van der Waals surface area contributed by atoms with E-state index in [1.165, 1.54) is 6.20 Å². The van der Waals surface area contributed by atoms with Gasteiger partial charge < -0.3 is 15.2 Å². The number of hydrogen-bond donors (Lipinski definition) is 1. The van der Waals surface area contributed by atoms with Gasteiger partial charge in [-0.05, 0) is 33.0 Å². The Hall–Kier alpha value is -1.66. The summed E-state index contributed by atoms with van der Waals surface area (Å²) < 4.78 is 2.07. The van der Waals surface area contributed by atoms with Gasteiger partial charge in [0.05, 0.1) is 23.1 Å². The molecule has 0 unspecified atom stereocenters. The van der Waals surface area contributed by atoms with Crippen molar-refractivity contribution in [3.63, 3.8) is 0 Å². The summed E-state index contributed by atoms with van der Waals surface area (Å²) in [6, 6.07) is 0. The second kappa shape index (κ2) is 5.61. The number of nitrogens with zero attached hydrogens (tertiary/aromatic N) is 5. The van der Waals surface area contributed by atoms with Gasteiger partial charge in [-0.3, -0.25) is 0 Å². The summed E-state index contributed by atoms with van der Waals surface area (Å²) in [6.07, 6.45) is 5.60. The molecule has 3 heterocycles. The molecule has 6 nitrogen and oxygen atoms in total. The smallest absolute Gasteiger partial charge is 0.220 e. The van der Waals surface area contributed by atoms with Gasteiger partial charge in [-0.2, -0.15) is 0 Å². The van der Waals surface area contributed by atoms with Crippen molar-refractivity contribution in [2.24, 2.45) is 7.05 Å². The van der Waals surface area contributed by atoms with E-state index in [9.17, 15) is 0 Å². The van der Waals surface area contributed by atoms with Crippen molar-refractivity contribution in [2.45, 2.75) is 18.8 Å². The topological polar surface area (TPSA) is 72.9 Å².